The van der Waals surface area contributed by atoms with E-state index in [1.165, 1.54) is 0 Å². The van der Waals surface area contributed by atoms with Crippen LogP contribution in [0, 0.1) is 4.77 Å². The molecule has 1 aromatic heterocycles. The van der Waals surface area contributed by atoms with Gasteiger partial charge in [0.1, 0.15) is 6.54 Å². The summed E-state index contributed by atoms with van der Waals surface area (Å²) in [4.78, 5) is 12.7. The molecule has 1 heterocycles. The molecule has 0 aliphatic rings. The SMILES string of the molecule is CCC[C@H](NC(=O)Cn1c(-c2ccc(Cl)cc2)n[nH]c1=S)c1ccccc1. The number of halogens is 1. The van der Waals surface area contributed by atoms with E-state index in [1.807, 2.05) is 42.5 Å². The van der Waals surface area contributed by atoms with Crippen LogP contribution in [0.15, 0.2) is 54.6 Å². The maximum absolute atomic E-state index is 12.7. The summed E-state index contributed by atoms with van der Waals surface area (Å²) >= 11 is 11.3. The molecule has 3 aromatic rings. The Morgan fingerprint density at radius 2 is 1.93 bits per heavy atom. The Hall–Kier alpha value is -2.44. The highest BCUT2D eigenvalue weighted by Gasteiger charge is 2.16. The molecule has 2 aromatic carbocycles. The van der Waals surface area contributed by atoms with Gasteiger partial charge in [0, 0.05) is 10.6 Å². The fourth-order valence-electron chi connectivity index (χ4n) is 2.96. The van der Waals surface area contributed by atoms with Crippen molar-refractivity contribution in [2.75, 3.05) is 0 Å². The van der Waals surface area contributed by atoms with E-state index in [4.69, 9.17) is 23.8 Å². The molecule has 0 radical (unpaired) electrons. The maximum atomic E-state index is 12.7. The van der Waals surface area contributed by atoms with Gasteiger partial charge in [-0.15, -0.1) is 0 Å². The average molecular weight is 401 g/mol. The zero-order valence-corrected chi connectivity index (χ0v) is 16.6. The minimum absolute atomic E-state index is 0.0243. The first-order valence-electron chi connectivity index (χ1n) is 8.84. The smallest absolute Gasteiger partial charge is 0.240 e. The summed E-state index contributed by atoms with van der Waals surface area (Å²) < 4.78 is 2.10. The summed E-state index contributed by atoms with van der Waals surface area (Å²) in [5.74, 6) is 0.503. The summed E-state index contributed by atoms with van der Waals surface area (Å²) in [5, 5.41) is 10.8. The summed E-state index contributed by atoms with van der Waals surface area (Å²) in [6, 6.07) is 17.2. The number of hydrogen-bond donors (Lipinski definition) is 2. The van der Waals surface area contributed by atoms with Gasteiger partial charge in [-0.25, -0.2) is 0 Å². The topological polar surface area (TPSA) is 62.7 Å². The van der Waals surface area contributed by atoms with Crippen LogP contribution in [0.1, 0.15) is 31.4 Å². The highest BCUT2D eigenvalue weighted by Crippen LogP contribution is 2.21. The first-order valence-corrected chi connectivity index (χ1v) is 9.62. The summed E-state index contributed by atoms with van der Waals surface area (Å²) in [6.45, 7) is 2.20. The molecule has 140 valence electrons. The van der Waals surface area contributed by atoms with Gasteiger partial charge in [0.15, 0.2) is 10.6 Å². The molecule has 0 aliphatic heterocycles. The number of H-pyrrole nitrogens is 1. The highest BCUT2D eigenvalue weighted by molar-refractivity contribution is 7.71. The minimum atomic E-state index is -0.106. The number of aromatic amines is 1. The lowest BCUT2D eigenvalue weighted by atomic mass is 10.0. The van der Waals surface area contributed by atoms with Crippen LogP contribution in [0.4, 0.5) is 0 Å². The van der Waals surface area contributed by atoms with Crippen molar-refractivity contribution in [2.24, 2.45) is 0 Å². The number of nitrogens with one attached hydrogen (secondary N) is 2. The van der Waals surface area contributed by atoms with Crippen molar-refractivity contribution in [1.29, 1.82) is 0 Å². The van der Waals surface area contributed by atoms with Crippen molar-refractivity contribution in [1.82, 2.24) is 20.1 Å². The molecule has 3 rings (SSSR count). The monoisotopic (exact) mass is 400 g/mol. The molecule has 7 heteroatoms. The molecule has 0 bridgehead atoms. The van der Waals surface area contributed by atoms with Gasteiger partial charge in [-0.2, -0.15) is 5.10 Å². The van der Waals surface area contributed by atoms with E-state index in [0.717, 1.165) is 24.0 Å². The minimum Gasteiger partial charge on any atom is -0.348 e. The number of carbonyl (C=O) groups excluding carboxylic acids is 1. The molecule has 5 nitrogen and oxygen atoms in total. The van der Waals surface area contributed by atoms with Crippen molar-refractivity contribution < 1.29 is 4.79 Å². The molecular formula is C20H21ClN4OS. The van der Waals surface area contributed by atoms with Gasteiger partial charge >= 0.3 is 0 Å². The Morgan fingerprint density at radius 1 is 1.22 bits per heavy atom. The Morgan fingerprint density at radius 3 is 2.59 bits per heavy atom. The first kappa shape index (κ1) is 19.3. The zero-order chi connectivity index (χ0) is 19.2. The largest absolute Gasteiger partial charge is 0.348 e. The van der Waals surface area contributed by atoms with Gasteiger partial charge in [0.05, 0.1) is 6.04 Å². The normalized spacial score (nSPS) is 11.9. The molecule has 1 amide bonds. The van der Waals surface area contributed by atoms with E-state index in [1.54, 1.807) is 16.7 Å². The average Bonchev–Trinajstić information content (AvgIpc) is 3.03. The third kappa shape index (κ3) is 4.84. The summed E-state index contributed by atoms with van der Waals surface area (Å²) in [6.07, 6.45) is 1.84. The Labute approximate surface area is 168 Å². The lowest BCUT2D eigenvalue weighted by Gasteiger charge is -2.19. The molecule has 1 atom stereocenters. The predicted octanol–water partition coefficient (Wildman–Crippen LogP) is 4.92. The highest BCUT2D eigenvalue weighted by atomic mass is 35.5. The van der Waals surface area contributed by atoms with Crippen LogP contribution in [0.2, 0.25) is 5.02 Å². The van der Waals surface area contributed by atoms with Crippen LogP contribution in [0.25, 0.3) is 11.4 Å². The number of amides is 1. The van der Waals surface area contributed by atoms with Crippen LogP contribution in [0.3, 0.4) is 0 Å². The lowest BCUT2D eigenvalue weighted by Crippen LogP contribution is -2.31. The molecule has 0 unspecified atom stereocenters. The maximum Gasteiger partial charge on any atom is 0.240 e. The molecular weight excluding hydrogens is 380 g/mol. The molecule has 0 saturated heterocycles. The summed E-state index contributed by atoms with van der Waals surface area (Å²) in [5.41, 5.74) is 1.94. The predicted molar refractivity (Wildman–Crippen MR) is 110 cm³/mol. The van der Waals surface area contributed by atoms with E-state index in [2.05, 4.69) is 22.4 Å². The van der Waals surface area contributed by atoms with E-state index in [9.17, 15) is 4.79 Å². The van der Waals surface area contributed by atoms with E-state index in [-0.39, 0.29) is 18.5 Å². The van der Waals surface area contributed by atoms with E-state index < -0.39 is 0 Å². The lowest BCUT2D eigenvalue weighted by molar-refractivity contribution is -0.122. The molecule has 27 heavy (non-hydrogen) atoms. The van der Waals surface area contributed by atoms with Crippen LogP contribution >= 0.6 is 23.8 Å². The number of benzene rings is 2. The molecule has 0 saturated carbocycles. The number of hydrogen-bond acceptors (Lipinski definition) is 3. The van der Waals surface area contributed by atoms with Gasteiger partial charge < -0.3 is 5.32 Å². The second-order valence-corrected chi connectivity index (χ2v) is 7.09. The van der Waals surface area contributed by atoms with Gasteiger partial charge in [-0.1, -0.05) is 55.3 Å². The molecule has 0 aliphatic carbocycles. The van der Waals surface area contributed by atoms with Crippen LogP contribution in [-0.4, -0.2) is 20.7 Å². The Bertz CT molecular complexity index is 950. The number of rotatable bonds is 7. The second-order valence-electron chi connectivity index (χ2n) is 6.26. The number of carbonyl (C=O) groups is 1. The van der Waals surface area contributed by atoms with Gasteiger partial charge in [-0.05, 0) is 48.5 Å². The second kappa shape index (κ2) is 8.97. The third-order valence-electron chi connectivity index (χ3n) is 4.28. The number of aromatic nitrogens is 3. The Balaban J connectivity index is 1.79. The fraction of sp³-hybridized carbons (Fsp3) is 0.250. The van der Waals surface area contributed by atoms with Crippen LogP contribution in [-0.2, 0) is 11.3 Å². The van der Waals surface area contributed by atoms with Crippen molar-refractivity contribution in [3.05, 3.63) is 70.0 Å². The first-order chi connectivity index (χ1) is 13.1. The van der Waals surface area contributed by atoms with Crippen LogP contribution in [0.5, 0.6) is 0 Å². The van der Waals surface area contributed by atoms with Gasteiger partial charge in [0.25, 0.3) is 0 Å². The standard InChI is InChI=1S/C20H21ClN4OS/c1-2-6-17(14-7-4-3-5-8-14)22-18(26)13-25-19(23-24-20(25)27)15-9-11-16(21)12-10-15/h3-5,7-12,17H,2,6,13H2,1H3,(H,22,26)(H,24,27)/t17-/m0/s1. The van der Waals surface area contributed by atoms with E-state index >= 15 is 0 Å². The van der Waals surface area contributed by atoms with Crippen LogP contribution < -0.4 is 5.32 Å². The number of nitrogens with zero attached hydrogens (tertiary/aromatic N) is 2. The van der Waals surface area contributed by atoms with E-state index in [0.29, 0.717) is 15.6 Å². The molecule has 0 spiro atoms. The quantitative estimate of drug-likeness (QED) is 0.553. The van der Waals surface area contributed by atoms with Crippen molar-refractivity contribution in [3.8, 4) is 11.4 Å². The third-order valence-corrected chi connectivity index (χ3v) is 4.84. The summed E-state index contributed by atoms with van der Waals surface area (Å²) in [7, 11) is 0. The molecule has 2 N–H and O–H groups in total. The van der Waals surface area contributed by atoms with Crippen molar-refractivity contribution >= 4 is 29.7 Å². The van der Waals surface area contributed by atoms with Crippen molar-refractivity contribution in [2.45, 2.75) is 32.4 Å². The van der Waals surface area contributed by atoms with Gasteiger partial charge in [0.2, 0.25) is 5.91 Å². The molecule has 0 fully saturated rings. The van der Waals surface area contributed by atoms with Gasteiger partial charge in [-0.3, -0.25) is 14.5 Å². The Kier molecular flexibility index (Phi) is 6.42. The fourth-order valence-corrected chi connectivity index (χ4v) is 3.29. The van der Waals surface area contributed by atoms with Crippen molar-refractivity contribution in [3.63, 3.8) is 0 Å². The zero-order valence-electron chi connectivity index (χ0n) is 15.0.